The summed E-state index contributed by atoms with van der Waals surface area (Å²) in [7, 11) is -1.51. The Bertz CT molecular complexity index is 1260. The van der Waals surface area contributed by atoms with E-state index in [1.165, 1.54) is 21.4 Å². The van der Waals surface area contributed by atoms with Crippen molar-refractivity contribution < 1.29 is 12.7 Å². The topological polar surface area (TPSA) is 51.5 Å². The SMILES string of the molecule is CC1=CC2c3cccc4c3c(c(Sc3ccccc3)n4OS(C)(=O)=O)CC2N(C)C1. The molecule has 0 saturated heterocycles. The van der Waals surface area contributed by atoms with Crippen LogP contribution in [0.4, 0.5) is 0 Å². The van der Waals surface area contributed by atoms with Gasteiger partial charge < -0.3 is 0 Å². The molecule has 1 aromatic heterocycles. The third-order valence-electron chi connectivity index (χ3n) is 5.92. The summed E-state index contributed by atoms with van der Waals surface area (Å²) in [5, 5.41) is 1.97. The highest BCUT2D eigenvalue weighted by atomic mass is 32.2. The molecule has 1 aliphatic carbocycles. The van der Waals surface area contributed by atoms with Gasteiger partial charge in [0.25, 0.3) is 0 Å². The number of hydrogen-bond donors (Lipinski definition) is 0. The van der Waals surface area contributed by atoms with Crippen LogP contribution in [0.3, 0.4) is 0 Å². The Kier molecular flexibility index (Phi) is 4.72. The first-order chi connectivity index (χ1) is 14.3. The van der Waals surface area contributed by atoms with Gasteiger partial charge in [0.05, 0.1) is 11.8 Å². The van der Waals surface area contributed by atoms with Gasteiger partial charge in [0, 0.05) is 28.8 Å². The zero-order valence-electron chi connectivity index (χ0n) is 17.2. The average Bonchev–Trinajstić information content (AvgIpc) is 2.96. The van der Waals surface area contributed by atoms with Crippen LogP contribution in [0.5, 0.6) is 0 Å². The van der Waals surface area contributed by atoms with Gasteiger partial charge in [-0.05, 0) is 49.7 Å². The lowest BCUT2D eigenvalue weighted by molar-refractivity contribution is 0.222. The molecule has 2 unspecified atom stereocenters. The van der Waals surface area contributed by atoms with Gasteiger partial charge in [0.2, 0.25) is 0 Å². The quantitative estimate of drug-likeness (QED) is 0.572. The minimum atomic E-state index is -3.69. The van der Waals surface area contributed by atoms with Gasteiger partial charge in [0.1, 0.15) is 5.03 Å². The fourth-order valence-corrected chi connectivity index (χ4v) is 6.33. The zero-order chi connectivity index (χ0) is 21.0. The summed E-state index contributed by atoms with van der Waals surface area (Å²) >= 11 is 1.56. The predicted octanol–water partition coefficient (Wildman–Crippen LogP) is 4.08. The molecule has 0 radical (unpaired) electrons. The first-order valence-corrected chi connectivity index (χ1v) is 12.6. The van der Waals surface area contributed by atoms with E-state index in [0.29, 0.717) is 12.0 Å². The third kappa shape index (κ3) is 3.35. The van der Waals surface area contributed by atoms with Gasteiger partial charge in [-0.3, -0.25) is 9.18 Å². The lowest BCUT2D eigenvalue weighted by atomic mass is 9.77. The van der Waals surface area contributed by atoms with Crippen molar-refractivity contribution in [3.8, 4) is 0 Å². The fraction of sp³-hybridized carbons (Fsp3) is 0.304. The Labute approximate surface area is 181 Å². The van der Waals surface area contributed by atoms with Crippen molar-refractivity contribution in [3.05, 3.63) is 71.3 Å². The summed E-state index contributed by atoms with van der Waals surface area (Å²) in [6, 6.07) is 16.5. The molecule has 156 valence electrons. The molecule has 0 N–H and O–H groups in total. The summed E-state index contributed by atoms with van der Waals surface area (Å²) in [6.07, 6.45) is 4.33. The summed E-state index contributed by atoms with van der Waals surface area (Å²) in [4.78, 5) is 3.46. The van der Waals surface area contributed by atoms with E-state index in [9.17, 15) is 8.42 Å². The van der Waals surface area contributed by atoms with Gasteiger partial charge >= 0.3 is 10.1 Å². The monoisotopic (exact) mass is 440 g/mol. The Morgan fingerprint density at radius 1 is 1.10 bits per heavy atom. The summed E-state index contributed by atoms with van der Waals surface area (Å²) in [5.74, 6) is 0.295. The maximum absolute atomic E-state index is 12.1. The number of benzene rings is 2. The van der Waals surface area contributed by atoms with Crippen molar-refractivity contribution >= 4 is 32.8 Å². The number of likely N-dealkylation sites (N-methyl/N-ethyl adjacent to an activating group) is 1. The van der Waals surface area contributed by atoms with Crippen LogP contribution < -0.4 is 4.28 Å². The van der Waals surface area contributed by atoms with Gasteiger partial charge in [-0.15, -0.1) is 0 Å². The molecule has 2 aromatic carbocycles. The van der Waals surface area contributed by atoms with Gasteiger partial charge in [0.15, 0.2) is 0 Å². The molecule has 0 fully saturated rings. The third-order valence-corrected chi connectivity index (χ3v) is 7.45. The van der Waals surface area contributed by atoms with Crippen molar-refractivity contribution in [2.75, 3.05) is 19.8 Å². The van der Waals surface area contributed by atoms with Gasteiger partial charge in [-0.2, -0.15) is 13.1 Å². The van der Waals surface area contributed by atoms with E-state index in [4.69, 9.17) is 4.28 Å². The zero-order valence-corrected chi connectivity index (χ0v) is 18.8. The minimum Gasteiger partial charge on any atom is -0.298 e. The maximum atomic E-state index is 12.1. The molecular formula is C23H24N2O3S2. The van der Waals surface area contributed by atoms with Crippen LogP contribution in [0.25, 0.3) is 10.9 Å². The van der Waals surface area contributed by atoms with Crippen LogP contribution >= 0.6 is 11.8 Å². The second-order valence-corrected chi connectivity index (χ2v) is 10.9. The van der Waals surface area contributed by atoms with Crippen LogP contribution in [0.1, 0.15) is 24.0 Å². The van der Waals surface area contributed by atoms with E-state index in [2.05, 4.69) is 31.0 Å². The van der Waals surface area contributed by atoms with Gasteiger partial charge in [-0.1, -0.05) is 53.7 Å². The molecule has 3 aromatic rings. The molecule has 0 saturated carbocycles. The van der Waals surface area contributed by atoms with Crippen LogP contribution in [-0.4, -0.2) is 43.9 Å². The number of aromatic nitrogens is 1. The van der Waals surface area contributed by atoms with E-state index >= 15 is 0 Å². The minimum absolute atomic E-state index is 0.295. The van der Waals surface area contributed by atoms with E-state index in [1.807, 2.05) is 42.5 Å². The summed E-state index contributed by atoms with van der Waals surface area (Å²) in [6.45, 7) is 3.13. The summed E-state index contributed by atoms with van der Waals surface area (Å²) in [5.41, 5.74) is 4.59. The number of rotatable bonds is 4. The lowest BCUT2D eigenvalue weighted by Gasteiger charge is -2.40. The Hall–Kier alpha value is -2.22. The molecular weight excluding hydrogens is 416 g/mol. The highest BCUT2D eigenvalue weighted by molar-refractivity contribution is 7.99. The van der Waals surface area contributed by atoms with Gasteiger partial charge in [-0.25, -0.2) is 0 Å². The average molecular weight is 441 g/mol. The van der Waals surface area contributed by atoms with E-state index < -0.39 is 10.1 Å². The molecule has 2 heterocycles. The molecule has 2 aliphatic rings. The van der Waals surface area contributed by atoms with Crippen molar-refractivity contribution in [3.63, 3.8) is 0 Å². The second kappa shape index (κ2) is 7.18. The predicted molar refractivity (Wildman–Crippen MR) is 121 cm³/mol. The van der Waals surface area contributed by atoms with E-state index in [1.54, 1.807) is 11.8 Å². The molecule has 0 spiro atoms. The molecule has 5 nitrogen and oxygen atoms in total. The normalized spacial score (nSPS) is 21.4. The molecule has 1 aliphatic heterocycles. The molecule has 2 atom stereocenters. The molecule has 0 bridgehead atoms. The summed E-state index contributed by atoms with van der Waals surface area (Å²) < 4.78 is 31.3. The first kappa shape index (κ1) is 19.7. The molecule has 30 heavy (non-hydrogen) atoms. The van der Waals surface area contributed by atoms with Crippen LogP contribution in [0, 0.1) is 0 Å². The fourth-order valence-electron chi connectivity index (χ4n) is 4.82. The van der Waals surface area contributed by atoms with E-state index in [-0.39, 0.29) is 0 Å². The number of nitrogens with zero attached hydrogens (tertiary/aromatic N) is 2. The molecule has 7 heteroatoms. The standard InChI is InChI=1S/C23H24N2O3S2/c1-15-12-18-17-10-7-11-20-22(17)19(13-21(18)24(2)14-15)23(25(20)28-30(3,26)27)29-16-8-5-4-6-9-16/h4-12,18,21H,13-14H2,1-3H3. The highest BCUT2D eigenvalue weighted by Crippen LogP contribution is 2.47. The second-order valence-electron chi connectivity index (χ2n) is 8.24. The van der Waals surface area contributed by atoms with E-state index in [0.717, 1.165) is 40.0 Å². The largest absolute Gasteiger partial charge is 0.324 e. The Balaban J connectivity index is 1.77. The maximum Gasteiger partial charge on any atom is 0.324 e. The van der Waals surface area contributed by atoms with Crippen LogP contribution in [0.2, 0.25) is 0 Å². The van der Waals surface area contributed by atoms with Crippen LogP contribution in [0.15, 0.2) is 70.1 Å². The first-order valence-electron chi connectivity index (χ1n) is 9.98. The Morgan fingerprint density at radius 3 is 2.60 bits per heavy atom. The highest BCUT2D eigenvalue weighted by Gasteiger charge is 2.38. The smallest absolute Gasteiger partial charge is 0.298 e. The van der Waals surface area contributed by atoms with Crippen molar-refractivity contribution in [2.45, 2.75) is 35.2 Å². The Morgan fingerprint density at radius 2 is 1.87 bits per heavy atom. The molecule has 0 amide bonds. The number of hydrogen-bond acceptors (Lipinski definition) is 5. The number of fused-ring (bicyclic) bond motifs is 2. The van der Waals surface area contributed by atoms with Crippen molar-refractivity contribution in [1.82, 2.24) is 9.63 Å². The molecule has 5 rings (SSSR count). The van der Waals surface area contributed by atoms with Crippen LogP contribution in [-0.2, 0) is 16.5 Å². The lowest BCUT2D eigenvalue weighted by Crippen LogP contribution is -2.43. The van der Waals surface area contributed by atoms with Crippen molar-refractivity contribution in [2.24, 2.45) is 0 Å². The van der Waals surface area contributed by atoms with Crippen molar-refractivity contribution in [1.29, 1.82) is 0 Å².